The van der Waals surface area contributed by atoms with Gasteiger partial charge in [-0.1, -0.05) is 6.92 Å². The molecule has 0 bridgehead atoms. The van der Waals surface area contributed by atoms with Crippen molar-refractivity contribution in [2.45, 2.75) is 26.4 Å². The van der Waals surface area contributed by atoms with Gasteiger partial charge in [0.05, 0.1) is 0 Å². The molecule has 1 aromatic carbocycles. The monoisotopic (exact) mass is 333 g/mol. The van der Waals surface area contributed by atoms with Gasteiger partial charge in [-0.15, -0.1) is 0 Å². The fourth-order valence-electron chi connectivity index (χ4n) is 2.43. The molecule has 1 atom stereocenters. The van der Waals surface area contributed by atoms with Gasteiger partial charge in [-0.2, -0.15) is 0 Å². The van der Waals surface area contributed by atoms with E-state index in [1.54, 1.807) is 0 Å². The first-order chi connectivity index (χ1) is 11.3. The highest BCUT2D eigenvalue weighted by Gasteiger charge is 2.40. The van der Waals surface area contributed by atoms with Crippen LogP contribution in [0.1, 0.15) is 20.8 Å². The maximum atomic E-state index is 13.8. The Labute approximate surface area is 138 Å². The Morgan fingerprint density at radius 3 is 2.58 bits per heavy atom. The Morgan fingerprint density at radius 2 is 1.92 bits per heavy atom. The van der Waals surface area contributed by atoms with E-state index < -0.39 is 23.3 Å². The van der Waals surface area contributed by atoms with Crippen molar-refractivity contribution >= 4 is 12.0 Å². The maximum absolute atomic E-state index is 13.8. The molecule has 2 heterocycles. The van der Waals surface area contributed by atoms with Crippen molar-refractivity contribution in [3.63, 3.8) is 0 Å². The topological polar surface area (TPSA) is 55.3 Å². The Kier molecular flexibility index (Phi) is 3.95. The number of hydrogen-bond donors (Lipinski definition) is 0. The van der Waals surface area contributed by atoms with Gasteiger partial charge in [0.15, 0.2) is 0 Å². The summed E-state index contributed by atoms with van der Waals surface area (Å²) >= 11 is 0. The Hall–Kier alpha value is -2.57. The van der Waals surface area contributed by atoms with Gasteiger partial charge in [0, 0.05) is 36.0 Å². The van der Waals surface area contributed by atoms with Crippen LogP contribution in [-0.4, -0.2) is 28.2 Å². The second kappa shape index (κ2) is 5.81. The zero-order valence-corrected chi connectivity index (χ0v) is 13.6. The van der Waals surface area contributed by atoms with E-state index in [0.717, 1.165) is 18.2 Å². The molecule has 2 aromatic rings. The third-order valence-electron chi connectivity index (χ3n) is 4.33. The van der Waals surface area contributed by atoms with Crippen molar-refractivity contribution in [3.8, 4) is 11.1 Å². The zero-order chi connectivity index (χ0) is 17.5. The minimum Gasteiger partial charge on any atom is -0.443 e. The number of rotatable bonds is 2. The van der Waals surface area contributed by atoms with E-state index in [2.05, 4.69) is 9.97 Å². The summed E-state index contributed by atoms with van der Waals surface area (Å²) in [6.45, 7) is 6.09. The molecule has 0 spiro atoms. The summed E-state index contributed by atoms with van der Waals surface area (Å²) in [5.74, 6) is -0.867. The highest BCUT2D eigenvalue weighted by atomic mass is 19.1. The number of hydrogen-bond acceptors (Lipinski definition) is 4. The molecule has 1 aliphatic rings. The van der Waals surface area contributed by atoms with Crippen LogP contribution < -0.4 is 4.90 Å². The van der Waals surface area contributed by atoms with Crippen LogP contribution in [0.5, 0.6) is 0 Å². The second-order valence-corrected chi connectivity index (χ2v) is 6.38. The predicted molar refractivity (Wildman–Crippen MR) is 84.5 cm³/mol. The van der Waals surface area contributed by atoms with Crippen molar-refractivity contribution < 1.29 is 18.3 Å². The van der Waals surface area contributed by atoms with Crippen molar-refractivity contribution in [2.75, 3.05) is 11.4 Å². The lowest BCUT2D eigenvalue weighted by Gasteiger charge is -2.40. The summed E-state index contributed by atoms with van der Waals surface area (Å²) in [4.78, 5) is 21.7. The summed E-state index contributed by atoms with van der Waals surface area (Å²) in [6.07, 6.45) is 2.19. The van der Waals surface area contributed by atoms with Crippen LogP contribution in [0.2, 0.25) is 0 Å². The number of halogens is 2. The normalized spacial score (nSPS) is 20.0. The average molecular weight is 333 g/mol. The number of ether oxygens (including phenoxy) is 1. The van der Waals surface area contributed by atoms with E-state index >= 15 is 0 Å². The van der Waals surface area contributed by atoms with Crippen LogP contribution in [0.3, 0.4) is 0 Å². The fraction of sp³-hybridized carbons (Fsp3) is 0.353. The molecule has 0 radical (unpaired) electrons. The van der Waals surface area contributed by atoms with E-state index in [-0.39, 0.29) is 17.4 Å². The maximum Gasteiger partial charge on any atom is 0.417 e. The number of carbonyl (C=O) groups is 1. The molecule has 0 aliphatic carbocycles. The van der Waals surface area contributed by atoms with E-state index in [9.17, 15) is 13.6 Å². The smallest absolute Gasteiger partial charge is 0.417 e. The molecule has 1 aromatic heterocycles. The molecule has 1 fully saturated rings. The number of cyclic esters (lactones) is 1. The average Bonchev–Trinajstić information content (AvgIpc) is 2.53. The van der Waals surface area contributed by atoms with Crippen molar-refractivity contribution in [2.24, 2.45) is 5.92 Å². The molecule has 0 N–H and O–H groups in total. The highest BCUT2D eigenvalue weighted by Crippen LogP contribution is 2.30. The molecule has 1 amide bonds. The molecule has 3 rings (SSSR count). The number of aromatic nitrogens is 2. The van der Waals surface area contributed by atoms with Crippen LogP contribution in [0.25, 0.3) is 11.1 Å². The Morgan fingerprint density at radius 1 is 1.25 bits per heavy atom. The molecule has 1 saturated heterocycles. The quantitative estimate of drug-likeness (QED) is 0.839. The summed E-state index contributed by atoms with van der Waals surface area (Å²) < 4.78 is 32.5. The standard InChI is InChI=1S/C17H17F2N3O2/c1-10-9-22(16(23)24-17(10,2)3)15-20-7-11(8-21-15)13-6-12(18)4-5-14(13)19/h4-8,10H,9H2,1-3H3. The third-order valence-corrected chi connectivity index (χ3v) is 4.33. The number of amides is 1. The predicted octanol–water partition coefficient (Wildman–Crippen LogP) is 3.79. The van der Waals surface area contributed by atoms with Gasteiger partial charge in [0.1, 0.15) is 17.2 Å². The van der Waals surface area contributed by atoms with Gasteiger partial charge in [-0.3, -0.25) is 0 Å². The lowest BCUT2D eigenvalue weighted by Crippen LogP contribution is -2.52. The first-order valence-corrected chi connectivity index (χ1v) is 7.56. The van der Waals surface area contributed by atoms with Crippen molar-refractivity contribution in [1.82, 2.24) is 9.97 Å². The van der Waals surface area contributed by atoms with E-state index in [1.165, 1.54) is 17.3 Å². The fourth-order valence-corrected chi connectivity index (χ4v) is 2.43. The van der Waals surface area contributed by atoms with Crippen molar-refractivity contribution in [3.05, 3.63) is 42.2 Å². The first kappa shape index (κ1) is 16.3. The van der Waals surface area contributed by atoms with Crippen LogP contribution in [-0.2, 0) is 4.74 Å². The number of carbonyl (C=O) groups excluding carboxylic acids is 1. The number of anilines is 1. The van der Waals surface area contributed by atoms with Crippen LogP contribution in [0.4, 0.5) is 19.5 Å². The van der Waals surface area contributed by atoms with Gasteiger partial charge < -0.3 is 4.74 Å². The van der Waals surface area contributed by atoms with Crippen molar-refractivity contribution in [1.29, 1.82) is 0 Å². The Bertz CT molecular complexity index is 778. The summed E-state index contributed by atoms with van der Waals surface area (Å²) in [7, 11) is 0. The summed E-state index contributed by atoms with van der Waals surface area (Å²) in [5, 5.41) is 0. The molecule has 1 aliphatic heterocycles. The van der Waals surface area contributed by atoms with Crippen LogP contribution in [0, 0.1) is 17.6 Å². The Balaban J connectivity index is 1.87. The molecule has 0 saturated carbocycles. The first-order valence-electron chi connectivity index (χ1n) is 7.56. The van der Waals surface area contributed by atoms with E-state index in [1.807, 2.05) is 20.8 Å². The van der Waals surface area contributed by atoms with E-state index in [4.69, 9.17) is 4.74 Å². The molecule has 5 nitrogen and oxygen atoms in total. The van der Waals surface area contributed by atoms with Gasteiger partial charge in [0.25, 0.3) is 0 Å². The van der Waals surface area contributed by atoms with Gasteiger partial charge in [-0.05, 0) is 32.0 Å². The summed E-state index contributed by atoms with van der Waals surface area (Å²) in [6, 6.07) is 3.17. The largest absolute Gasteiger partial charge is 0.443 e. The summed E-state index contributed by atoms with van der Waals surface area (Å²) in [5.41, 5.74) is -0.162. The SMILES string of the molecule is CC1CN(c2ncc(-c3cc(F)ccc3F)cn2)C(=O)OC1(C)C. The van der Waals surface area contributed by atoms with Crippen LogP contribution >= 0.6 is 0 Å². The van der Waals surface area contributed by atoms with Gasteiger partial charge >= 0.3 is 6.09 Å². The minimum absolute atomic E-state index is 0.0669. The highest BCUT2D eigenvalue weighted by molar-refractivity contribution is 5.86. The molecular formula is C17H17F2N3O2. The van der Waals surface area contributed by atoms with Gasteiger partial charge in [0.2, 0.25) is 5.95 Å². The molecular weight excluding hydrogens is 316 g/mol. The molecule has 126 valence electrons. The van der Waals surface area contributed by atoms with Gasteiger partial charge in [-0.25, -0.2) is 28.4 Å². The molecule has 7 heteroatoms. The molecule has 24 heavy (non-hydrogen) atoms. The minimum atomic E-state index is -0.569. The zero-order valence-electron chi connectivity index (χ0n) is 13.6. The molecule has 1 unspecified atom stereocenters. The second-order valence-electron chi connectivity index (χ2n) is 6.38. The lowest BCUT2D eigenvalue weighted by atomic mass is 9.91. The lowest BCUT2D eigenvalue weighted by molar-refractivity contribution is -0.0127. The third kappa shape index (κ3) is 2.93. The number of nitrogens with zero attached hydrogens (tertiary/aromatic N) is 3. The number of benzene rings is 1. The van der Waals surface area contributed by atoms with Crippen LogP contribution in [0.15, 0.2) is 30.6 Å². The van der Waals surface area contributed by atoms with E-state index in [0.29, 0.717) is 12.1 Å².